The predicted molar refractivity (Wildman–Crippen MR) is 128 cm³/mol. The lowest BCUT2D eigenvalue weighted by atomic mass is 10.0. The molecule has 1 aliphatic rings. The van der Waals surface area contributed by atoms with Gasteiger partial charge in [0, 0.05) is 25.9 Å². The Bertz CT molecular complexity index is 1570. The van der Waals surface area contributed by atoms with Gasteiger partial charge in [-0.1, -0.05) is 11.6 Å². The Kier molecular flexibility index (Phi) is 5.25. The molecule has 35 heavy (non-hydrogen) atoms. The van der Waals surface area contributed by atoms with Crippen LogP contribution >= 0.6 is 11.6 Å². The Morgan fingerprint density at radius 3 is 2.37 bits per heavy atom. The molecule has 1 fully saturated rings. The molecule has 1 saturated carbocycles. The van der Waals surface area contributed by atoms with Crippen molar-refractivity contribution in [2.24, 2.45) is 0 Å². The number of amides is 1. The molecule has 0 aliphatic heterocycles. The van der Waals surface area contributed by atoms with E-state index >= 15 is 0 Å². The van der Waals surface area contributed by atoms with E-state index < -0.39 is 23.0 Å². The topological polar surface area (TPSA) is 97.4 Å². The van der Waals surface area contributed by atoms with E-state index in [-0.39, 0.29) is 11.5 Å². The van der Waals surface area contributed by atoms with Crippen LogP contribution in [-0.4, -0.2) is 50.1 Å². The predicted octanol–water partition coefficient (Wildman–Crippen LogP) is 3.92. The van der Waals surface area contributed by atoms with Gasteiger partial charge in [-0.2, -0.15) is 0 Å². The zero-order valence-electron chi connectivity index (χ0n) is 18.8. The first-order chi connectivity index (χ1) is 16.6. The van der Waals surface area contributed by atoms with Gasteiger partial charge in [0.15, 0.2) is 5.65 Å². The van der Waals surface area contributed by atoms with Gasteiger partial charge in [0.1, 0.15) is 5.82 Å². The third kappa shape index (κ3) is 3.68. The summed E-state index contributed by atoms with van der Waals surface area (Å²) in [7, 11) is 3.30. The van der Waals surface area contributed by atoms with Crippen molar-refractivity contribution in [3.8, 4) is 5.69 Å². The molecule has 8 nitrogen and oxygen atoms in total. The van der Waals surface area contributed by atoms with Crippen molar-refractivity contribution in [3.05, 3.63) is 92.7 Å². The number of fused-ring (bicyclic) bond motifs is 1. The summed E-state index contributed by atoms with van der Waals surface area (Å²) >= 11 is 6.21. The molecule has 178 valence electrons. The van der Waals surface area contributed by atoms with Gasteiger partial charge in [-0.05, 0) is 66.9 Å². The lowest BCUT2D eigenvalue weighted by Gasteiger charge is -2.18. The summed E-state index contributed by atoms with van der Waals surface area (Å²) in [5.74, 6) is -2.12. The van der Waals surface area contributed by atoms with Crippen LogP contribution in [0.3, 0.4) is 0 Å². The number of aromatic carboxylic acids is 1. The van der Waals surface area contributed by atoms with Crippen LogP contribution in [-0.2, 0) is 5.54 Å². The summed E-state index contributed by atoms with van der Waals surface area (Å²) < 4.78 is 17.3. The fourth-order valence-electron chi connectivity index (χ4n) is 4.44. The Morgan fingerprint density at radius 1 is 1.09 bits per heavy atom. The second-order valence-electron chi connectivity index (χ2n) is 8.76. The maximum atomic E-state index is 14.3. The summed E-state index contributed by atoms with van der Waals surface area (Å²) in [5, 5.41) is 9.73. The third-order valence-corrected chi connectivity index (χ3v) is 6.47. The van der Waals surface area contributed by atoms with E-state index in [4.69, 9.17) is 11.6 Å². The SMILES string of the molecule is CN(C)C(=O)c1ccc(-n2c(=O)n(C3(c4cc(F)cc(C(=O)O)c4)CC3)c3ncc(Cl)cc32)cc1. The van der Waals surface area contributed by atoms with Crippen LogP contribution in [0.1, 0.15) is 39.1 Å². The molecule has 1 N–H and O–H groups in total. The summed E-state index contributed by atoms with van der Waals surface area (Å²) in [6, 6.07) is 11.8. The minimum atomic E-state index is -1.26. The van der Waals surface area contributed by atoms with Gasteiger partial charge in [0.25, 0.3) is 5.91 Å². The summed E-state index contributed by atoms with van der Waals surface area (Å²) in [6.07, 6.45) is 2.44. The van der Waals surface area contributed by atoms with E-state index in [0.29, 0.717) is 45.8 Å². The van der Waals surface area contributed by atoms with Crippen molar-refractivity contribution < 1.29 is 19.1 Å². The first-order valence-corrected chi connectivity index (χ1v) is 11.2. The van der Waals surface area contributed by atoms with Crippen molar-refractivity contribution in [2.75, 3.05) is 14.1 Å². The number of imidazole rings is 1. The number of halogens is 2. The second kappa shape index (κ2) is 8.06. The average molecular weight is 495 g/mol. The number of carboxylic acids is 1. The Balaban J connectivity index is 1.73. The Morgan fingerprint density at radius 2 is 1.77 bits per heavy atom. The van der Waals surface area contributed by atoms with E-state index in [0.717, 1.165) is 6.07 Å². The van der Waals surface area contributed by atoms with Gasteiger partial charge in [-0.3, -0.25) is 13.9 Å². The van der Waals surface area contributed by atoms with Gasteiger partial charge in [0.2, 0.25) is 0 Å². The number of pyridine rings is 1. The number of benzene rings is 2. The smallest absolute Gasteiger partial charge is 0.335 e. The molecule has 1 aliphatic carbocycles. The van der Waals surface area contributed by atoms with Crippen LogP contribution in [0.5, 0.6) is 0 Å². The van der Waals surface area contributed by atoms with Gasteiger partial charge in [-0.15, -0.1) is 0 Å². The molecule has 10 heteroatoms. The average Bonchev–Trinajstić information content (AvgIpc) is 3.56. The fourth-order valence-corrected chi connectivity index (χ4v) is 4.59. The first kappa shape index (κ1) is 22.8. The largest absolute Gasteiger partial charge is 0.478 e. The van der Waals surface area contributed by atoms with Crippen LogP contribution in [0.2, 0.25) is 5.02 Å². The zero-order valence-corrected chi connectivity index (χ0v) is 19.6. The van der Waals surface area contributed by atoms with Crippen molar-refractivity contribution in [2.45, 2.75) is 18.4 Å². The van der Waals surface area contributed by atoms with Crippen LogP contribution in [0.4, 0.5) is 4.39 Å². The van der Waals surface area contributed by atoms with Crippen LogP contribution < -0.4 is 5.69 Å². The fraction of sp³-hybridized carbons (Fsp3) is 0.200. The number of nitrogens with zero attached hydrogens (tertiary/aromatic N) is 4. The molecule has 0 saturated heterocycles. The Labute approximate surface area is 203 Å². The van der Waals surface area contributed by atoms with E-state index in [2.05, 4.69) is 4.98 Å². The Hall–Kier alpha value is -3.98. The third-order valence-electron chi connectivity index (χ3n) is 6.26. The van der Waals surface area contributed by atoms with E-state index in [1.807, 2.05) is 0 Å². The zero-order chi connectivity index (χ0) is 25.1. The molecule has 2 aromatic heterocycles. The molecule has 2 heterocycles. The number of carbonyl (C=O) groups is 2. The number of aromatic nitrogens is 3. The van der Waals surface area contributed by atoms with Crippen molar-refractivity contribution in [1.82, 2.24) is 19.0 Å². The molecule has 0 unspecified atom stereocenters. The minimum Gasteiger partial charge on any atom is -0.478 e. The number of rotatable bonds is 5. The maximum absolute atomic E-state index is 14.3. The molecule has 4 aromatic rings. The molecular formula is C25H20ClFN4O4. The first-order valence-electron chi connectivity index (χ1n) is 10.8. The summed E-state index contributed by atoms with van der Waals surface area (Å²) in [5.41, 5.74) is 0.571. The van der Waals surface area contributed by atoms with Crippen LogP contribution in [0, 0.1) is 5.82 Å². The molecule has 5 rings (SSSR count). The summed E-state index contributed by atoms with van der Waals surface area (Å²) in [6.45, 7) is 0. The lowest BCUT2D eigenvalue weighted by Crippen LogP contribution is -2.32. The molecule has 0 radical (unpaired) electrons. The van der Waals surface area contributed by atoms with Gasteiger partial charge >= 0.3 is 11.7 Å². The molecule has 1 amide bonds. The second-order valence-corrected chi connectivity index (χ2v) is 9.20. The van der Waals surface area contributed by atoms with Crippen LogP contribution in [0.25, 0.3) is 16.9 Å². The minimum absolute atomic E-state index is 0.173. The lowest BCUT2D eigenvalue weighted by molar-refractivity contribution is 0.0695. The van der Waals surface area contributed by atoms with E-state index in [1.165, 1.54) is 32.4 Å². The highest BCUT2D eigenvalue weighted by atomic mass is 35.5. The summed E-state index contributed by atoms with van der Waals surface area (Å²) in [4.78, 5) is 43.5. The molecule has 2 aromatic carbocycles. The standard InChI is InChI=1S/C25H20ClFN4O4/c1-29(2)22(32)14-3-5-19(6-4-14)30-20-12-17(26)13-28-21(20)31(24(30)35)25(7-8-25)16-9-15(23(33)34)10-18(27)11-16/h3-6,9-13H,7-8H2,1-2H3,(H,33,34). The number of carbonyl (C=O) groups excluding carboxylic acids is 1. The highest BCUT2D eigenvalue weighted by Crippen LogP contribution is 2.50. The normalized spacial score (nSPS) is 14.2. The highest BCUT2D eigenvalue weighted by molar-refractivity contribution is 6.31. The van der Waals surface area contributed by atoms with Crippen LogP contribution in [0.15, 0.2) is 59.5 Å². The molecule has 0 spiro atoms. The van der Waals surface area contributed by atoms with Crippen molar-refractivity contribution in [1.29, 1.82) is 0 Å². The van der Waals surface area contributed by atoms with Crippen molar-refractivity contribution in [3.63, 3.8) is 0 Å². The molecule has 0 atom stereocenters. The quantitative estimate of drug-likeness (QED) is 0.453. The number of carboxylic acid groups (broad SMARTS) is 1. The number of hydrogen-bond acceptors (Lipinski definition) is 4. The van der Waals surface area contributed by atoms with Gasteiger partial charge in [0.05, 0.1) is 27.3 Å². The number of hydrogen-bond donors (Lipinski definition) is 1. The van der Waals surface area contributed by atoms with E-state index in [1.54, 1.807) is 44.4 Å². The van der Waals surface area contributed by atoms with Gasteiger partial charge < -0.3 is 10.0 Å². The highest BCUT2D eigenvalue weighted by Gasteiger charge is 2.49. The van der Waals surface area contributed by atoms with Gasteiger partial charge in [-0.25, -0.2) is 19.0 Å². The van der Waals surface area contributed by atoms with E-state index in [9.17, 15) is 23.9 Å². The maximum Gasteiger partial charge on any atom is 0.335 e. The van der Waals surface area contributed by atoms with Crippen molar-refractivity contribution >= 4 is 34.6 Å². The molecule has 0 bridgehead atoms. The molecular weight excluding hydrogens is 475 g/mol. The monoisotopic (exact) mass is 494 g/mol.